The molecule has 0 spiro atoms. The van der Waals surface area contributed by atoms with E-state index in [1.807, 2.05) is 64.1 Å². The van der Waals surface area contributed by atoms with Crippen LogP contribution in [0.2, 0.25) is 0 Å². The molecule has 77 heavy (non-hydrogen) atoms. The van der Waals surface area contributed by atoms with Crippen LogP contribution in [0.3, 0.4) is 0 Å². The number of aromatic nitrogens is 3. The van der Waals surface area contributed by atoms with Crippen molar-refractivity contribution in [3.8, 4) is 17.0 Å². The van der Waals surface area contributed by atoms with Crippen LogP contribution in [0, 0.1) is 11.2 Å². The van der Waals surface area contributed by atoms with Gasteiger partial charge in [0.25, 0.3) is 5.91 Å². The van der Waals surface area contributed by atoms with E-state index in [4.69, 9.17) is 25.0 Å². The predicted molar refractivity (Wildman–Crippen MR) is 291 cm³/mol. The number of likely N-dealkylation sites (N-methyl/N-ethyl adjacent to an activating group) is 2. The molecule has 7 rings (SSSR count). The number of rotatable bonds is 22. The molecule has 418 valence electrons. The maximum absolute atomic E-state index is 14.8. The van der Waals surface area contributed by atoms with Gasteiger partial charge in [-0.15, -0.1) is 0 Å². The Bertz CT molecular complexity index is 2700. The Hall–Kier alpha value is -6.68. The molecule has 6 atom stereocenters. The molecule has 21 heteroatoms. The van der Waals surface area contributed by atoms with Gasteiger partial charge in [-0.25, -0.2) is 14.1 Å². The lowest BCUT2D eigenvalue weighted by atomic mass is 9.85. The second kappa shape index (κ2) is 26.1. The summed E-state index contributed by atoms with van der Waals surface area (Å²) in [4.78, 5) is 80.4. The average Bonchev–Trinajstić information content (AvgIpc) is 4.19. The molecule has 3 aliphatic heterocycles. The largest absolute Gasteiger partial charge is 0.481 e. The van der Waals surface area contributed by atoms with Gasteiger partial charge in [-0.2, -0.15) is 5.10 Å². The van der Waals surface area contributed by atoms with Crippen molar-refractivity contribution in [1.82, 2.24) is 50.7 Å². The third kappa shape index (κ3) is 13.9. The monoisotopic (exact) mass is 1070 g/mol. The van der Waals surface area contributed by atoms with E-state index in [1.165, 1.54) is 12.1 Å². The second-order valence-electron chi connectivity index (χ2n) is 21.3. The highest BCUT2D eigenvalue weighted by Crippen LogP contribution is 2.44. The molecule has 2 saturated heterocycles. The lowest BCUT2D eigenvalue weighted by molar-refractivity contribution is -0.144. The van der Waals surface area contributed by atoms with E-state index in [-0.39, 0.29) is 86.9 Å². The van der Waals surface area contributed by atoms with Crippen LogP contribution < -0.4 is 36.6 Å². The highest BCUT2D eigenvalue weighted by molar-refractivity contribution is 5.96. The Kier molecular flexibility index (Phi) is 19.7. The zero-order valence-corrected chi connectivity index (χ0v) is 46.2. The van der Waals surface area contributed by atoms with Gasteiger partial charge in [0.15, 0.2) is 0 Å². The van der Waals surface area contributed by atoms with Gasteiger partial charge in [0.05, 0.1) is 88.1 Å². The van der Waals surface area contributed by atoms with Crippen LogP contribution in [0.1, 0.15) is 106 Å². The molecule has 20 nitrogen and oxygen atoms in total. The molecular weight excluding hydrogens is 988 g/mol. The quantitative estimate of drug-likeness (QED) is 0.0686. The third-order valence-corrected chi connectivity index (χ3v) is 14.9. The molecule has 2 aromatic heterocycles. The first-order valence-corrected chi connectivity index (χ1v) is 26.8. The number of pyridine rings is 1. The van der Waals surface area contributed by atoms with Crippen molar-refractivity contribution in [2.75, 3.05) is 91.5 Å². The Morgan fingerprint density at radius 3 is 2.45 bits per heavy atom. The minimum atomic E-state index is -0.868. The fraction of sp³-hybridized carbons (Fsp3) is 0.554. The topological polar surface area (TPSA) is 231 Å². The van der Waals surface area contributed by atoms with Crippen LogP contribution in [0.25, 0.3) is 11.1 Å². The first-order chi connectivity index (χ1) is 36.8. The molecule has 4 aromatic rings. The zero-order chi connectivity index (χ0) is 55.6. The Morgan fingerprint density at radius 1 is 1.01 bits per heavy atom. The van der Waals surface area contributed by atoms with Crippen molar-refractivity contribution in [3.05, 3.63) is 89.0 Å². The number of fused-ring (bicyclic) bond motifs is 8. The van der Waals surface area contributed by atoms with E-state index < -0.39 is 29.4 Å². The lowest BCUT2D eigenvalue weighted by Gasteiger charge is -2.36. The number of amides is 5. The van der Waals surface area contributed by atoms with E-state index in [9.17, 15) is 28.4 Å². The first kappa shape index (κ1) is 58.0. The predicted octanol–water partition coefficient (Wildman–Crippen LogP) is 4.45. The average molecular weight is 1070 g/mol. The molecule has 0 unspecified atom stereocenters. The number of hydrogen-bond acceptors (Lipinski definition) is 14. The van der Waals surface area contributed by atoms with Gasteiger partial charge in [0.2, 0.25) is 29.5 Å². The highest BCUT2D eigenvalue weighted by atomic mass is 19.1. The van der Waals surface area contributed by atoms with Crippen LogP contribution in [-0.2, 0) is 41.7 Å². The Morgan fingerprint density at radius 2 is 1.75 bits per heavy atom. The number of halogens is 1. The first-order valence-electron chi connectivity index (χ1n) is 26.8. The minimum Gasteiger partial charge on any atom is -0.481 e. The summed E-state index contributed by atoms with van der Waals surface area (Å²) >= 11 is 0. The number of carbonyl (C=O) groups is 5. The van der Waals surface area contributed by atoms with E-state index >= 15 is 0 Å². The lowest BCUT2D eigenvalue weighted by Crippen LogP contribution is -2.59. The summed E-state index contributed by atoms with van der Waals surface area (Å²) in [7, 11) is 6.65. The van der Waals surface area contributed by atoms with E-state index in [0.717, 1.165) is 12.0 Å². The smallest absolute Gasteiger partial charge is 0.254 e. The summed E-state index contributed by atoms with van der Waals surface area (Å²) < 4.78 is 34.1. The fourth-order valence-electron chi connectivity index (χ4n) is 10.4. The zero-order valence-electron chi connectivity index (χ0n) is 46.2. The molecule has 0 radical (unpaired) electrons. The molecule has 6 N–H and O–H groups in total. The molecule has 0 saturated carbocycles. The summed E-state index contributed by atoms with van der Waals surface area (Å²) in [5.41, 5.74) is 10.4. The molecule has 5 heterocycles. The van der Waals surface area contributed by atoms with Crippen molar-refractivity contribution in [1.29, 1.82) is 0 Å². The number of nitrogens with two attached hydrogens (primary N) is 1. The van der Waals surface area contributed by atoms with Crippen LogP contribution in [0.5, 0.6) is 5.88 Å². The maximum Gasteiger partial charge on any atom is 0.254 e. The summed E-state index contributed by atoms with van der Waals surface area (Å²) in [5.74, 6) is -0.922. The van der Waals surface area contributed by atoms with Gasteiger partial charge in [0.1, 0.15) is 23.7 Å². The van der Waals surface area contributed by atoms with Crippen molar-refractivity contribution in [3.63, 3.8) is 0 Å². The second-order valence-corrected chi connectivity index (χ2v) is 21.3. The van der Waals surface area contributed by atoms with Crippen LogP contribution in [-0.4, -0.2) is 164 Å². The number of hydrogen-bond donors (Lipinski definition) is 5. The third-order valence-electron chi connectivity index (χ3n) is 14.9. The van der Waals surface area contributed by atoms with Gasteiger partial charge < -0.3 is 60.8 Å². The molecule has 2 bridgehead atoms. The van der Waals surface area contributed by atoms with Crippen LogP contribution in [0.15, 0.2) is 60.8 Å². The molecule has 3 aliphatic rings. The fourth-order valence-corrected chi connectivity index (χ4v) is 10.4. The number of methoxy groups -OCH3 is 1. The molecule has 2 aromatic carbocycles. The Labute approximate surface area is 451 Å². The number of carbonyl (C=O) groups excluding carboxylic acids is 5. The van der Waals surface area contributed by atoms with Crippen molar-refractivity contribution in [2.24, 2.45) is 5.41 Å². The summed E-state index contributed by atoms with van der Waals surface area (Å²) in [6, 6.07) is 13.1. The van der Waals surface area contributed by atoms with E-state index in [1.54, 1.807) is 66.8 Å². The molecule has 0 aliphatic carbocycles. The van der Waals surface area contributed by atoms with Crippen LogP contribution >= 0.6 is 0 Å². The Balaban J connectivity index is 0.895. The van der Waals surface area contributed by atoms with Gasteiger partial charge in [0, 0.05) is 63.6 Å². The highest BCUT2D eigenvalue weighted by Gasteiger charge is 2.45. The number of nitrogen functional groups attached to an aromatic ring is 1. The van der Waals surface area contributed by atoms with Crippen LogP contribution in [0.4, 0.5) is 15.9 Å². The normalized spacial score (nSPS) is 18.5. The minimum absolute atomic E-state index is 0.116. The van der Waals surface area contributed by atoms with E-state index in [0.29, 0.717) is 97.4 Å². The molecule has 2 fully saturated rings. The summed E-state index contributed by atoms with van der Waals surface area (Å²) in [5, 5.41) is 17.5. The van der Waals surface area contributed by atoms with Gasteiger partial charge in [-0.3, -0.25) is 24.0 Å². The van der Waals surface area contributed by atoms with Gasteiger partial charge >= 0.3 is 0 Å². The SMILES string of the molecule is CC[C@H](NC(=O)[C@H]1C[C@@H](NCCOCCOCCC(=O)N(C)CCn2nc3c(c2OC)-c2cnc(N)c(c2)N2CCC[C@@H]2c2cc(F)ccc2C(=O)N(C)C3)CN1C(=O)[C@H](NC(=O)[C@@H](C)NC)C(C)(C)C)c1ccccc1. The maximum atomic E-state index is 14.8. The molecular formula is C56H79FN12O8. The van der Waals surface area contributed by atoms with Gasteiger partial charge in [-0.1, -0.05) is 58.0 Å². The number of nitrogens with one attached hydrogen (secondary N) is 4. The van der Waals surface area contributed by atoms with Gasteiger partial charge in [-0.05, 0) is 80.5 Å². The van der Waals surface area contributed by atoms with Crippen molar-refractivity contribution in [2.45, 2.75) is 116 Å². The van der Waals surface area contributed by atoms with Crippen molar-refractivity contribution < 1.29 is 42.6 Å². The standard InChI is InChI=1S/C56H79FN12O8/c1-10-42(36-15-12-11-13-16-36)62-52(72)46-31-39(33-68(46)54(74)49(56(3,4)5)63-51(71)35(2)59-6)60-21-26-77-28-27-76-25-20-47(70)65(7)23-24-69-55(75-9)48-37-29-45(50(58)61-32-37)67-22-14-17-44(67)41-30-38(57)18-19-40(41)53(73)66(8)34-43(48)64-69/h11-13,15-16,18-19,29-30,32,35,39,42,44,46,49,59-60H,10,14,17,20-28,31,33-34H2,1-9H3,(H2,58,61)(H,62,72)(H,63,71)/t35-,39-,42+,44-,46-,49+/m1/s1. The number of nitrogens with zero attached hydrogens (tertiary/aromatic N) is 7. The number of ether oxygens (including phenoxy) is 3. The van der Waals surface area contributed by atoms with E-state index in [2.05, 4.69) is 31.2 Å². The summed E-state index contributed by atoms with van der Waals surface area (Å²) in [6.07, 6.45) is 4.39. The van der Waals surface area contributed by atoms with Crippen molar-refractivity contribution >= 4 is 41.0 Å². The number of likely N-dealkylation sites (tertiary alicyclic amines) is 1. The number of anilines is 2. The number of benzene rings is 2. The molecule has 5 amide bonds. The summed E-state index contributed by atoms with van der Waals surface area (Å²) in [6.45, 7) is 12.6.